The molecule has 0 radical (unpaired) electrons. The van der Waals surface area contributed by atoms with Gasteiger partial charge in [-0.2, -0.15) is 0 Å². The Labute approximate surface area is 126 Å². The number of likely N-dealkylation sites (N-methyl/N-ethyl adjacent to an activating group) is 1. The molecule has 18 heavy (non-hydrogen) atoms. The van der Waals surface area contributed by atoms with E-state index in [1.165, 1.54) is 12.1 Å². The Balaban J connectivity index is 0.00000162. The van der Waals surface area contributed by atoms with Crippen molar-refractivity contribution in [1.82, 2.24) is 10.2 Å². The third kappa shape index (κ3) is 3.53. The lowest BCUT2D eigenvalue weighted by Crippen LogP contribution is -2.33. The van der Waals surface area contributed by atoms with Crippen LogP contribution in [0.4, 0.5) is 8.78 Å². The van der Waals surface area contributed by atoms with E-state index >= 15 is 0 Å². The number of halogens is 4. The molecule has 1 heterocycles. The maximum absolute atomic E-state index is 13.8. The molecule has 1 aliphatic heterocycles. The van der Waals surface area contributed by atoms with Crippen molar-refractivity contribution >= 4 is 35.0 Å². The summed E-state index contributed by atoms with van der Waals surface area (Å²) >= 11 is 1.89. The summed E-state index contributed by atoms with van der Waals surface area (Å²) in [4.78, 5) is 2.01. The van der Waals surface area contributed by atoms with Gasteiger partial charge in [-0.3, -0.25) is 4.90 Å². The number of hydrogen-bond acceptors (Lipinski definition) is 2. The fraction of sp³-hybridized carbons (Fsp3) is 0.500. The van der Waals surface area contributed by atoms with Gasteiger partial charge in [0.2, 0.25) is 0 Å². The normalized spacial score (nSPS) is 19.1. The average Bonchev–Trinajstić information content (AvgIpc) is 2.83. The molecule has 2 nitrogen and oxygen atoms in total. The van der Waals surface area contributed by atoms with E-state index in [1.807, 2.05) is 34.5 Å². The van der Waals surface area contributed by atoms with Crippen LogP contribution in [0.25, 0.3) is 0 Å². The van der Waals surface area contributed by atoms with Crippen LogP contribution in [0.2, 0.25) is 0 Å². The lowest BCUT2D eigenvalue weighted by Gasteiger charge is -2.24. The molecule has 1 aromatic rings. The number of hydrogen-bond donors (Lipinski definition) is 1. The molecule has 0 saturated carbocycles. The summed E-state index contributed by atoms with van der Waals surface area (Å²) < 4.78 is 27.9. The first-order chi connectivity index (χ1) is 8.09. The fourth-order valence-electron chi connectivity index (χ4n) is 2.11. The first kappa shape index (κ1) is 16.1. The average molecular weight is 389 g/mol. The highest BCUT2D eigenvalue weighted by Crippen LogP contribution is 2.21. The van der Waals surface area contributed by atoms with Crippen LogP contribution in [0, 0.1) is 15.2 Å². The zero-order chi connectivity index (χ0) is 12.4. The van der Waals surface area contributed by atoms with E-state index in [9.17, 15) is 8.78 Å². The molecular formula is C12H16ClF2IN2. The second-order valence-corrected chi connectivity index (χ2v) is 5.55. The van der Waals surface area contributed by atoms with Crippen molar-refractivity contribution in [1.29, 1.82) is 0 Å². The van der Waals surface area contributed by atoms with Gasteiger partial charge >= 0.3 is 0 Å². The minimum atomic E-state index is -0.458. The van der Waals surface area contributed by atoms with Gasteiger partial charge in [0.1, 0.15) is 11.6 Å². The molecule has 1 aromatic carbocycles. The van der Waals surface area contributed by atoms with Gasteiger partial charge in [-0.1, -0.05) is 0 Å². The topological polar surface area (TPSA) is 15.3 Å². The first-order valence-corrected chi connectivity index (χ1v) is 6.71. The Bertz CT molecular complexity index is 411. The summed E-state index contributed by atoms with van der Waals surface area (Å²) in [7, 11) is 1.91. The SMILES string of the molecule is CN(Cc1c(F)ccc(I)c1F)C1CCNC1.Cl. The van der Waals surface area contributed by atoms with E-state index in [2.05, 4.69) is 5.32 Å². The number of nitrogens with one attached hydrogen (secondary N) is 1. The van der Waals surface area contributed by atoms with E-state index in [-0.39, 0.29) is 18.0 Å². The van der Waals surface area contributed by atoms with Crippen molar-refractivity contribution in [3.8, 4) is 0 Å². The van der Waals surface area contributed by atoms with Crippen LogP contribution in [-0.4, -0.2) is 31.1 Å². The van der Waals surface area contributed by atoms with Gasteiger partial charge in [-0.15, -0.1) is 12.4 Å². The Morgan fingerprint density at radius 2 is 2.17 bits per heavy atom. The van der Waals surface area contributed by atoms with Gasteiger partial charge in [0.25, 0.3) is 0 Å². The Hall–Kier alpha value is 0.0200. The molecule has 102 valence electrons. The molecule has 0 spiro atoms. The van der Waals surface area contributed by atoms with Crippen LogP contribution >= 0.6 is 35.0 Å². The molecule has 0 aromatic heterocycles. The molecule has 1 aliphatic rings. The summed E-state index contributed by atoms with van der Waals surface area (Å²) in [6, 6.07) is 3.17. The molecule has 1 atom stereocenters. The Morgan fingerprint density at radius 3 is 2.78 bits per heavy atom. The first-order valence-electron chi connectivity index (χ1n) is 5.63. The molecule has 1 saturated heterocycles. The highest BCUT2D eigenvalue weighted by molar-refractivity contribution is 14.1. The van der Waals surface area contributed by atoms with Crippen molar-refractivity contribution in [2.24, 2.45) is 0 Å². The van der Waals surface area contributed by atoms with Crippen molar-refractivity contribution in [3.05, 3.63) is 32.9 Å². The Kier molecular flexibility index (Phi) is 6.23. The lowest BCUT2D eigenvalue weighted by molar-refractivity contribution is 0.241. The van der Waals surface area contributed by atoms with Crippen molar-refractivity contribution in [2.45, 2.75) is 19.0 Å². The van der Waals surface area contributed by atoms with Crippen LogP contribution in [0.3, 0.4) is 0 Å². The number of nitrogens with zero attached hydrogens (tertiary/aromatic N) is 1. The summed E-state index contributed by atoms with van der Waals surface area (Å²) in [5.41, 5.74) is 0.172. The predicted molar refractivity (Wildman–Crippen MR) is 79.1 cm³/mol. The van der Waals surface area contributed by atoms with Gasteiger partial charge in [0.15, 0.2) is 0 Å². The van der Waals surface area contributed by atoms with E-state index in [4.69, 9.17) is 0 Å². The summed E-state index contributed by atoms with van der Waals surface area (Å²) in [6.07, 6.45) is 1.03. The van der Waals surface area contributed by atoms with E-state index < -0.39 is 11.6 Å². The molecule has 0 amide bonds. The Morgan fingerprint density at radius 1 is 1.44 bits per heavy atom. The fourth-order valence-corrected chi connectivity index (χ4v) is 2.61. The van der Waals surface area contributed by atoms with Crippen LogP contribution in [-0.2, 0) is 6.54 Å². The molecular weight excluding hydrogens is 372 g/mol. The zero-order valence-corrected chi connectivity index (χ0v) is 13.0. The van der Waals surface area contributed by atoms with Crippen LogP contribution in [0.1, 0.15) is 12.0 Å². The van der Waals surface area contributed by atoms with Gasteiger partial charge in [0, 0.05) is 28.3 Å². The van der Waals surface area contributed by atoms with Crippen LogP contribution in [0.5, 0.6) is 0 Å². The van der Waals surface area contributed by atoms with Gasteiger partial charge in [-0.05, 0) is 54.7 Å². The van der Waals surface area contributed by atoms with Crippen molar-refractivity contribution < 1.29 is 8.78 Å². The monoisotopic (exact) mass is 388 g/mol. The van der Waals surface area contributed by atoms with E-state index in [0.29, 0.717) is 16.2 Å². The summed E-state index contributed by atoms with van der Waals surface area (Å²) in [6.45, 7) is 2.19. The quantitative estimate of drug-likeness (QED) is 0.633. The third-order valence-electron chi connectivity index (χ3n) is 3.20. The van der Waals surface area contributed by atoms with Gasteiger partial charge in [0.05, 0.1) is 0 Å². The molecule has 2 rings (SSSR count). The number of rotatable bonds is 3. The van der Waals surface area contributed by atoms with Crippen molar-refractivity contribution in [3.63, 3.8) is 0 Å². The third-order valence-corrected chi connectivity index (χ3v) is 4.04. The molecule has 0 bridgehead atoms. The molecule has 1 N–H and O–H groups in total. The molecule has 1 unspecified atom stereocenters. The maximum atomic E-state index is 13.8. The maximum Gasteiger partial charge on any atom is 0.143 e. The minimum Gasteiger partial charge on any atom is -0.315 e. The smallest absolute Gasteiger partial charge is 0.143 e. The highest BCUT2D eigenvalue weighted by atomic mass is 127. The predicted octanol–water partition coefficient (Wildman–Crippen LogP) is 2.78. The van der Waals surface area contributed by atoms with E-state index in [1.54, 1.807) is 0 Å². The van der Waals surface area contributed by atoms with Gasteiger partial charge in [-0.25, -0.2) is 8.78 Å². The molecule has 0 aliphatic carbocycles. The van der Waals surface area contributed by atoms with E-state index in [0.717, 1.165) is 19.5 Å². The summed E-state index contributed by atoms with van der Waals surface area (Å²) in [5, 5.41) is 3.25. The summed E-state index contributed by atoms with van der Waals surface area (Å²) in [5.74, 6) is -0.885. The number of benzene rings is 1. The van der Waals surface area contributed by atoms with Gasteiger partial charge < -0.3 is 5.32 Å². The molecule has 6 heteroatoms. The second-order valence-electron chi connectivity index (χ2n) is 4.38. The van der Waals surface area contributed by atoms with Crippen LogP contribution in [0.15, 0.2) is 12.1 Å². The van der Waals surface area contributed by atoms with Crippen LogP contribution < -0.4 is 5.32 Å². The minimum absolute atomic E-state index is 0. The van der Waals surface area contributed by atoms with Crippen molar-refractivity contribution in [2.75, 3.05) is 20.1 Å². The largest absolute Gasteiger partial charge is 0.315 e. The lowest BCUT2D eigenvalue weighted by atomic mass is 10.1. The highest BCUT2D eigenvalue weighted by Gasteiger charge is 2.22. The second kappa shape index (κ2) is 6.98. The standard InChI is InChI=1S/C12H15F2IN2.ClH/c1-17(8-4-5-16-6-8)7-9-10(13)2-3-11(15)12(9)14;/h2-3,8,16H,4-7H2,1H3;1H. The molecule has 1 fully saturated rings. The zero-order valence-electron chi connectivity index (χ0n) is 10.0.